The van der Waals surface area contributed by atoms with Crippen LogP contribution in [0, 0.1) is 0 Å². The van der Waals surface area contributed by atoms with Crippen molar-refractivity contribution < 1.29 is 19.1 Å². The molecule has 2 heterocycles. The third-order valence-corrected chi connectivity index (χ3v) is 2.57. The molecule has 2 aromatic heterocycles. The number of hydrogen-bond acceptors (Lipinski definition) is 4. The third kappa shape index (κ3) is 1.95. The zero-order chi connectivity index (χ0) is 13.1. The maximum atomic E-state index is 11.8. The van der Waals surface area contributed by atoms with Crippen molar-refractivity contribution in [2.24, 2.45) is 0 Å². The van der Waals surface area contributed by atoms with Gasteiger partial charge in [-0.05, 0) is 25.1 Å². The standard InChI is InChI=1S/C13H13NO4/c1-3-18-12(15)9-8-11(13(16)17-2)14-7-5-4-6-10(9)14/h4-8H,3H2,1-2H3. The lowest BCUT2D eigenvalue weighted by atomic mass is 10.2. The van der Waals surface area contributed by atoms with Crippen LogP contribution < -0.4 is 0 Å². The van der Waals surface area contributed by atoms with E-state index in [1.165, 1.54) is 13.2 Å². The Hall–Kier alpha value is -2.30. The summed E-state index contributed by atoms with van der Waals surface area (Å²) in [5.74, 6) is -0.942. The van der Waals surface area contributed by atoms with Crippen LogP contribution in [0.2, 0.25) is 0 Å². The van der Waals surface area contributed by atoms with Gasteiger partial charge in [0.25, 0.3) is 0 Å². The fourth-order valence-corrected chi connectivity index (χ4v) is 1.79. The molecule has 0 saturated heterocycles. The van der Waals surface area contributed by atoms with Gasteiger partial charge in [0, 0.05) is 6.20 Å². The number of carbonyl (C=O) groups excluding carboxylic acids is 2. The van der Waals surface area contributed by atoms with Crippen LogP contribution in [0.3, 0.4) is 0 Å². The normalized spacial score (nSPS) is 10.3. The number of aromatic nitrogens is 1. The zero-order valence-corrected chi connectivity index (χ0v) is 10.2. The van der Waals surface area contributed by atoms with Gasteiger partial charge in [-0.25, -0.2) is 9.59 Å². The largest absolute Gasteiger partial charge is 0.464 e. The number of pyridine rings is 1. The molecule has 2 rings (SSSR count). The molecule has 18 heavy (non-hydrogen) atoms. The van der Waals surface area contributed by atoms with Crippen LogP contribution in [0.1, 0.15) is 27.8 Å². The Kier molecular flexibility index (Phi) is 3.32. The molecule has 5 heteroatoms. The minimum absolute atomic E-state index is 0.288. The molecule has 0 spiro atoms. The van der Waals surface area contributed by atoms with Crippen molar-refractivity contribution in [2.75, 3.05) is 13.7 Å². The van der Waals surface area contributed by atoms with Gasteiger partial charge < -0.3 is 13.9 Å². The smallest absolute Gasteiger partial charge is 0.355 e. The van der Waals surface area contributed by atoms with E-state index < -0.39 is 11.9 Å². The summed E-state index contributed by atoms with van der Waals surface area (Å²) < 4.78 is 11.3. The highest BCUT2D eigenvalue weighted by atomic mass is 16.5. The number of hydrogen-bond donors (Lipinski definition) is 0. The lowest BCUT2D eigenvalue weighted by Gasteiger charge is -2.00. The summed E-state index contributed by atoms with van der Waals surface area (Å²) in [7, 11) is 1.30. The molecular formula is C13H13NO4. The van der Waals surface area contributed by atoms with Gasteiger partial charge in [0.2, 0.25) is 0 Å². The van der Waals surface area contributed by atoms with Crippen molar-refractivity contribution in [1.82, 2.24) is 4.40 Å². The first-order valence-corrected chi connectivity index (χ1v) is 5.54. The van der Waals surface area contributed by atoms with Gasteiger partial charge in [0.15, 0.2) is 0 Å². The zero-order valence-electron chi connectivity index (χ0n) is 10.2. The molecule has 94 valence electrons. The van der Waals surface area contributed by atoms with Crippen LogP contribution in [0.4, 0.5) is 0 Å². The fourth-order valence-electron chi connectivity index (χ4n) is 1.79. The van der Waals surface area contributed by atoms with Gasteiger partial charge >= 0.3 is 11.9 Å². The van der Waals surface area contributed by atoms with E-state index in [0.29, 0.717) is 16.8 Å². The first-order valence-electron chi connectivity index (χ1n) is 5.54. The summed E-state index contributed by atoms with van der Waals surface area (Å²) in [6, 6.07) is 6.80. The molecule has 0 N–H and O–H groups in total. The van der Waals surface area contributed by atoms with Gasteiger partial charge in [-0.3, -0.25) is 0 Å². The summed E-state index contributed by atoms with van der Waals surface area (Å²) in [5.41, 5.74) is 1.28. The molecule has 0 atom stereocenters. The van der Waals surface area contributed by atoms with E-state index in [4.69, 9.17) is 4.74 Å². The molecule has 2 aromatic rings. The Morgan fingerprint density at radius 2 is 2.06 bits per heavy atom. The second kappa shape index (κ2) is 4.91. The van der Waals surface area contributed by atoms with Crippen molar-refractivity contribution >= 4 is 17.5 Å². The Balaban J connectivity index is 2.61. The quantitative estimate of drug-likeness (QED) is 0.777. The van der Waals surface area contributed by atoms with E-state index in [9.17, 15) is 9.59 Å². The lowest BCUT2D eigenvalue weighted by Crippen LogP contribution is -2.04. The molecule has 0 aromatic carbocycles. The highest BCUT2D eigenvalue weighted by Gasteiger charge is 2.20. The Bertz CT molecular complexity index is 600. The lowest BCUT2D eigenvalue weighted by molar-refractivity contribution is 0.0528. The third-order valence-electron chi connectivity index (χ3n) is 2.57. The Morgan fingerprint density at radius 1 is 1.28 bits per heavy atom. The van der Waals surface area contributed by atoms with Crippen LogP contribution in [0.25, 0.3) is 5.52 Å². The minimum Gasteiger partial charge on any atom is -0.464 e. The molecule has 0 aliphatic rings. The first kappa shape index (κ1) is 12.2. The molecule has 0 aliphatic carbocycles. The summed E-state index contributed by atoms with van der Waals surface area (Å²) in [4.78, 5) is 23.4. The SMILES string of the molecule is CCOC(=O)c1cc(C(=O)OC)n2ccccc12. The minimum atomic E-state index is -0.494. The van der Waals surface area contributed by atoms with E-state index in [1.807, 2.05) is 0 Å². The van der Waals surface area contributed by atoms with Gasteiger partial charge in [0.05, 0.1) is 24.8 Å². The molecule has 5 nitrogen and oxygen atoms in total. The number of ether oxygens (including phenoxy) is 2. The average molecular weight is 247 g/mol. The maximum absolute atomic E-state index is 11.8. The van der Waals surface area contributed by atoms with E-state index in [2.05, 4.69) is 4.74 Å². The van der Waals surface area contributed by atoms with E-state index >= 15 is 0 Å². The van der Waals surface area contributed by atoms with Crippen molar-refractivity contribution in [3.63, 3.8) is 0 Å². The molecule has 0 aliphatic heterocycles. The monoisotopic (exact) mass is 247 g/mol. The van der Waals surface area contributed by atoms with E-state index in [1.54, 1.807) is 35.7 Å². The van der Waals surface area contributed by atoms with Crippen molar-refractivity contribution in [3.8, 4) is 0 Å². The maximum Gasteiger partial charge on any atom is 0.355 e. The number of methoxy groups -OCH3 is 1. The fraction of sp³-hybridized carbons (Fsp3) is 0.231. The predicted octanol–water partition coefficient (Wildman–Crippen LogP) is 1.90. The Labute approximate surface area is 104 Å². The molecular weight excluding hydrogens is 234 g/mol. The van der Waals surface area contributed by atoms with Crippen LogP contribution in [-0.4, -0.2) is 30.1 Å². The van der Waals surface area contributed by atoms with Crippen LogP contribution in [0.15, 0.2) is 30.5 Å². The van der Waals surface area contributed by atoms with Gasteiger partial charge in [-0.15, -0.1) is 0 Å². The molecule has 0 saturated carbocycles. The summed E-state index contributed by atoms with van der Waals surface area (Å²) >= 11 is 0. The number of rotatable bonds is 3. The van der Waals surface area contributed by atoms with Gasteiger partial charge in [0.1, 0.15) is 5.69 Å². The van der Waals surface area contributed by atoms with Gasteiger partial charge in [-0.1, -0.05) is 6.07 Å². The molecule has 0 bridgehead atoms. The molecule has 0 radical (unpaired) electrons. The summed E-state index contributed by atoms with van der Waals surface area (Å²) in [5, 5.41) is 0. The number of nitrogens with zero attached hydrogens (tertiary/aromatic N) is 1. The number of esters is 2. The Morgan fingerprint density at radius 3 is 2.72 bits per heavy atom. The summed E-state index contributed by atoms with van der Waals surface area (Å²) in [6.45, 7) is 2.02. The number of carbonyl (C=O) groups is 2. The molecule has 0 amide bonds. The number of fused-ring (bicyclic) bond motifs is 1. The second-order valence-corrected chi connectivity index (χ2v) is 3.61. The highest BCUT2D eigenvalue weighted by molar-refractivity contribution is 6.01. The van der Waals surface area contributed by atoms with Crippen molar-refractivity contribution in [1.29, 1.82) is 0 Å². The van der Waals surface area contributed by atoms with Crippen LogP contribution in [0.5, 0.6) is 0 Å². The van der Waals surface area contributed by atoms with E-state index in [0.717, 1.165) is 0 Å². The summed E-state index contributed by atoms with van der Waals surface area (Å²) in [6.07, 6.45) is 1.70. The van der Waals surface area contributed by atoms with Gasteiger partial charge in [-0.2, -0.15) is 0 Å². The molecule has 0 unspecified atom stereocenters. The highest BCUT2D eigenvalue weighted by Crippen LogP contribution is 2.18. The van der Waals surface area contributed by atoms with E-state index in [-0.39, 0.29) is 6.61 Å². The van der Waals surface area contributed by atoms with Crippen LogP contribution in [-0.2, 0) is 9.47 Å². The molecule has 0 fully saturated rings. The topological polar surface area (TPSA) is 57.0 Å². The predicted molar refractivity (Wildman–Crippen MR) is 64.7 cm³/mol. The average Bonchev–Trinajstić information content (AvgIpc) is 2.78. The first-order chi connectivity index (χ1) is 8.69. The second-order valence-electron chi connectivity index (χ2n) is 3.61. The van der Waals surface area contributed by atoms with Crippen molar-refractivity contribution in [2.45, 2.75) is 6.92 Å². The van der Waals surface area contributed by atoms with Crippen molar-refractivity contribution in [3.05, 3.63) is 41.7 Å². The van der Waals surface area contributed by atoms with Crippen LogP contribution >= 0.6 is 0 Å².